The Labute approximate surface area is 110 Å². The summed E-state index contributed by atoms with van der Waals surface area (Å²) in [6.45, 7) is 0.469. The predicted molar refractivity (Wildman–Crippen MR) is 67.5 cm³/mol. The zero-order chi connectivity index (χ0) is 13.1. The van der Waals surface area contributed by atoms with E-state index in [9.17, 15) is 9.59 Å². The first-order valence-electron chi connectivity index (χ1n) is 5.75. The van der Waals surface area contributed by atoms with E-state index in [0.29, 0.717) is 24.3 Å². The summed E-state index contributed by atoms with van der Waals surface area (Å²) >= 11 is 6.11. The molecule has 0 spiro atoms. The van der Waals surface area contributed by atoms with Gasteiger partial charge in [-0.05, 0) is 24.1 Å². The number of carbonyl (C=O) groups excluding carboxylic acids is 2. The third-order valence-corrected chi connectivity index (χ3v) is 3.40. The van der Waals surface area contributed by atoms with Gasteiger partial charge in [-0.3, -0.25) is 14.5 Å². The fourth-order valence-corrected chi connectivity index (χ4v) is 2.20. The molecule has 1 aliphatic rings. The quantitative estimate of drug-likeness (QED) is 0.788. The zero-order valence-electron chi connectivity index (χ0n) is 10.1. The number of hydrogen-bond acceptors (Lipinski definition) is 3. The summed E-state index contributed by atoms with van der Waals surface area (Å²) in [6, 6.07) is 6.94. The molecule has 1 atom stereocenters. The van der Waals surface area contributed by atoms with Crippen molar-refractivity contribution in [2.75, 3.05) is 13.7 Å². The maximum atomic E-state index is 12.1. The van der Waals surface area contributed by atoms with Gasteiger partial charge in [0.2, 0.25) is 5.91 Å². The van der Waals surface area contributed by atoms with Crippen molar-refractivity contribution in [2.24, 2.45) is 0 Å². The average Bonchev–Trinajstić information content (AvgIpc) is 2.83. The molecule has 0 unspecified atom stereocenters. The minimum atomic E-state index is -0.821. The van der Waals surface area contributed by atoms with Crippen molar-refractivity contribution >= 4 is 23.4 Å². The van der Waals surface area contributed by atoms with E-state index in [2.05, 4.69) is 0 Å². The molecule has 5 heteroatoms. The Bertz CT molecular complexity index is 458. The Hall–Kier alpha value is -1.55. The lowest BCUT2D eigenvalue weighted by molar-refractivity contribution is -0.141. The number of methoxy groups -OCH3 is 1. The number of alkyl halides is 1. The van der Waals surface area contributed by atoms with E-state index in [-0.39, 0.29) is 11.8 Å². The first-order chi connectivity index (χ1) is 8.63. The fraction of sp³-hybridized carbons (Fsp3) is 0.385. The van der Waals surface area contributed by atoms with Crippen LogP contribution in [0.3, 0.4) is 0 Å². The summed E-state index contributed by atoms with van der Waals surface area (Å²) in [7, 11) is 1.57. The van der Waals surface area contributed by atoms with Crippen LogP contribution in [0.15, 0.2) is 24.3 Å². The second-order valence-electron chi connectivity index (χ2n) is 4.12. The lowest BCUT2D eigenvalue weighted by atomic mass is 10.1. The van der Waals surface area contributed by atoms with E-state index >= 15 is 0 Å². The van der Waals surface area contributed by atoms with Gasteiger partial charge in [-0.1, -0.05) is 12.1 Å². The Morgan fingerprint density at radius 1 is 1.39 bits per heavy atom. The van der Waals surface area contributed by atoms with Gasteiger partial charge < -0.3 is 4.74 Å². The summed E-state index contributed by atoms with van der Waals surface area (Å²) in [4.78, 5) is 24.8. The highest BCUT2D eigenvalue weighted by atomic mass is 35.5. The van der Waals surface area contributed by atoms with Crippen molar-refractivity contribution in [1.29, 1.82) is 0 Å². The Morgan fingerprint density at radius 2 is 2.06 bits per heavy atom. The summed E-state index contributed by atoms with van der Waals surface area (Å²) in [6.07, 6.45) is 1.15. The van der Waals surface area contributed by atoms with Gasteiger partial charge in [-0.2, -0.15) is 0 Å². The van der Waals surface area contributed by atoms with E-state index in [1.807, 2.05) is 0 Å². The molecule has 96 valence electrons. The summed E-state index contributed by atoms with van der Waals surface area (Å²) in [5.74, 6) is 0.218. The maximum Gasteiger partial charge on any atom is 0.251 e. The van der Waals surface area contributed by atoms with Crippen LogP contribution in [0.5, 0.6) is 5.75 Å². The second kappa shape index (κ2) is 5.40. The highest BCUT2D eigenvalue weighted by molar-refractivity contribution is 6.31. The number of rotatable bonds is 3. The smallest absolute Gasteiger partial charge is 0.251 e. The van der Waals surface area contributed by atoms with Crippen LogP contribution >= 0.6 is 11.6 Å². The molecule has 1 aromatic carbocycles. The lowest BCUT2D eigenvalue weighted by Gasteiger charge is -2.17. The number of carbonyl (C=O) groups is 2. The van der Waals surface area contributed by atoms with Crippen molar-refractivity contribution in [3.05, 3.63) is 29.8 Å². The molecule has 18 heavy (non-hydrogen) atoms. The molecular formula is C13H14ClNO3. The lowest BCUT2D eigenvalue weighted by Crippen LogP contribution is -2.34. The highest BCUT2D eigenvalue weighted by Gasteiger charge is 2.31. The molecule has 0 radical (unpaired) electrons. The molecule has 0 aromatic heterocycles. The number of hydrogen-bond donors (Lipinski definition) is 0. The first-order valence-corrected chi connectivity index (χ1v) is 6.19. The Morgan fingerprint density at radius 3 is 2.56 bits per heavy atom. The van der Waals surface area contributed by atoms with Crippen molar-refractivity contribution in [3.63, 3.8) is 0 Å². The Kier molecular flexibility index (Phi) is 3.87. The summed E-state index contributed by atoms with van der Waals surface area (Å²) < 4.78 is 5.03. The van der Waals surface area contributed by atoms with Gasteiger partial charge in [0, 0.05) is 13.0 Å². The number of benzene rings is 1. The largest absolute Gasteiger partial charge is 0.497 e. The number of amides is 2. The SMILES string of the molecule is COc1ccc([C@@H](Cl)C(=O)N2CCCC2=O)cc1. The molecule has 1 saturated heterocycles. The third-order valence-electron chi connectivity index (χ3n) is 2.96. The van der Waals surface area contributed by atoms with E-state index in [1.165, 1.54) is 4.90 Å². The molecule has 1 heterocycles. The molecule has 4 nitrogen and oxygen atoms in total. The minimum Gasteiger partial charge on any atom is -0.497 e. The standard InChI is InChI=1S/C13H14ClNO3/c1-18-10-6-4-9(5-7-10)12(14)13(17)15-8-2-3-11(15)16/h4-7,12H,2-3,8H2,1H3/t12-/m1/s1. The van der Waals surface area contributed by atoms with Crippen LogP contribution in [0.2, 0.25) is 0 Å². The summed E-state index contributed by atoms with van der Waals surface area (Å²) in [5.41, 5.74) is 0.669. The highest BCUT2D eigenvalue weighted by Crippen LogP contribution is 2.26. The van der Waals surface area contributed by atoms with Crippen LogP contribution in [0.25, 0.3) is 0 Å². The van der Waals surface area contributed by atoms with Crippen LogP contribution in [0.4, 0.5) is 0 Å². The topological polar surface area (TPSA) is 46.6 Å². The first kappa shape index (κ1) is 12.9. The number of ether oxygens (including phenoxy) is 1. The molecule has 0 saturated carbocycles. The number of likely N-dealkylation sites (tertiary alicyclic amines) is 1. The number of nitrogens with zero attached hydrogens (tertiary/aromatic N) is 1. The Balaban J connectivity index is 2.12. The van der Waals surface area contributed by atoms with Crippen molar-refractivity contribution < 1.29 is 14.3 Å². The van der Waals surface area contributed by atoms with Gasteiger partial charge in [0.25, 0.3) is 5.91 Å². The second-order valence-corrected chi connectivity index (χ2v) is 4.56. The average molecular weight is 268 g/mol. The van der Waals surface area contributed by atoms with Crippen LogP contribution in [0.1, 0.15) is 23.8 Å². The zero-order valence-corrected chi connectivity index (χ0v) is 10.8. The molecule has 1 aromatic rings. The molecule has 0 bridgehead atoms. The fourth-order valence-electron chi connectivity index (χ4n) is 1.93. The molecular weight excluding hydrogens is 254 g/mol. The van der Waals surface area contributed by atoms with Crippen LogP contribution < -0.4 is 4.74 Å². The number of halogens is 1. The van der Waals surface area contributed by atoms with Gasteiger partial charge in [-0.15, -0.1) is 11.6 Å². The molecule has 1 aliphatic heterocycles. The van der Waals surface area contributed by atoms with Gasteiger partial charge in [-0.25, -0.2) is 0 Å². The molecule has 2 rings (SSSR count). The van der Waals surface area contributed by atoms with Gasteiger partial charge in [0.1, 0.15) is 11.1 Å². The molecule has 1 fully saturated rings. The summed E-state index contributed by atoms with van der Waals surface area (Å²) in [5, 5.41) is -0.821. The normalized spacial score (nSPS) is 16.8. The van der Waals surface area contributed by atoms with Gasteiger partial charge >= 0.3 is 0 Å². The van der Waals surface area contributed by atoms with Crippen LogP contribution in [0, 0.1) is 0 Å². The van der Waals surface area contributed by atoms with Crippen LogP contribution in [-0.2, 0) is 9.59 Å². The third kappa shape index (κ3) is 2.48. The van der Waals surface area contributed by atoms with Crippen LogP contribution in [-0.4, -0.2) is 30.4 Å². The molecule has 0 N–H and O–H groups in total. The molecule has 2 amide bonds. The van der Waals surface area contributed by atoms with E-state index in [1.54, 1.807) is 31.4 Å². The maximum absolute atomic E-state index is 12.1. The van der Waals surface area contributed by atoms with E-state index in [0.717, 1.165) is 6.42 Å². The predicted octanol–water partition coefficient (Wildman–Crippen LogP) is 2.12. The van der Waals surface area contributed by atoms with Crippen molar-refractivity contribution in [1.82, 2.24) is 4.90 Å². The number of imide groups is 1. The monoisotopic (exact) mass is 267 g/mol. The van der Waals surface area contributed by atoms with Crippen molar-refractivity contribution in [2.45, 2.75) is 18.2 Å². The minimum absolute atomic E-state index is 0.140. The van der Waals surface area contributed by atoms with E-state index < -0.39 is 5.38 Å². The van der Waals surface area contributed by atoms with Gasteiger partial charge in [0.15, 0.2) is 0 Å². The van der Waals surface area contributed by atoms with Crippen molar-refractivity contribution in [3.8, 4) is 5.75 Å². The van der Waals surface area contributed by atoms with Gasteiger partial charge in [0.05, 0.1) is 7.11 Å². The molecule has 0 aliphatic carbocycles. The van der Waals surface area contributed by atoms with E-state index in [4.69, 9.17) is 16.3 Å².